The maximum Gasteiger partial charge on any atom is 0.119 e. The van der Waals surface area contributed by atoms with Crippen molar-refractivity contribution in [3.05, 3.63) is 54.1 Å². The summed E-state index contributed by atoms with van der Waals surface area (Å²) in [5.74, 6) is 1.83. The minimum Gasteiger partial charge on any atom is -0.492 e. The molecular weight excluding hydrogens is 286 g/mol. The zero-order chi connectivity index (χ0) is 16.5. The molecule has 2 aromatic rings. The van der Waals surface area contributed by atoms with Crippen molar-refractivity contribution in [2.75, 3.05) is 18.5 Å². The lowest BCUT2D eigenvalue weighted by atomic mass is 10.2. The van der Waals surface area contributed by atoms with E-state index in [-0.39, 0.29) is 6.10 Å². The Morgan fingerprint density at radius 3 is 2.17 bits per heavy atom. The van der Waals surface area contributed by atoms with Crippen molar-refractivity contribution in [1.29, 1.82) is 0 Å². The van der Waals surface area contributed by atoms with Crippen LogP contribution in [0.15, 0.2) is 48.5 Å². The van der Waals surface area contributed by atoms with Gasteiger partial charge in [0.2, 0.25) is 0 Å². The summed E-state index contributed by atoms with van der Waals surface area (Å²) in [6.45, 7) is 7.75. The zero-order valence-electron chi connectivity index (χ0n) is 14.3. The molecule has 23 heavy (non-hydrogen) atoms. The van der Waals surface area contributed by atoms with Gasteiger partial charge < -0.3 is 14.8 Å². The van der Waals surface area contributed by atoms with E-state index in [0.717, 1.165) is 36.6 Å². The molecule has 124 valence electrons. The van der Waals surface area contributed by atoms with E-state index < -0.39 is 0 Å². The molecule has 3 nitrogen and oxygen atoms in total. The number of aryl methyl sites for hydroxylation is 1. The van der Waals surface area contributed by atoms with Gasteiger partial charge in [-0.2, -0.15) is 0 Å². The van der Waals surface area contributed by atoms with Gasteiger partial charge in [-0.1, -0.05) is 26.0 Å². The molecular formula is C20H27NO2. The Bertz CT molecular complexity index is 563. The molecule has 1 N–H and O–H groups in total. The average molecular weight is 313 g/mol. The van der Waals surface area contributed by atoms with Gasteiger partial charge in [0.25, 0.3) is 0 Å². The van der Waals surface area contributed by atoms with Crippen LogP contribution in [0.5, 0.6) is 11.5 Å². The number of hydrogen-bond donors (Lipinski definition) is 1. The quantitative estimate of drug-likeness (QED) is 0.667. The van der Waals surface area contributed by atoms with Gasteiger partial charge in [-0.15, -0.1) is 0 Å². The lowest BCUT2D eigenvalue weighted by Crippen LogP contribution is -2.12. The van der Waals surface area contributed by atoms with Crippen molar-refractivity contribution in [2.24, 2.45) is 0 Å². The summed E-state index contributed by atoms with van der Waals surface area (Å²) < 4.78 is 11.5. The monoisotopic (exact) mass is 313 g/mol. The maximum absolute atomic E-state index is 5.77. The first-order valence-corrected chi connectivity index (χ1v) is 8.43. The van der Waals surface area contributed by atoms with E-state index in [9.17, 15) is 0 Å². The molecule has 0 aliphatic rings. The normalized spacial score (nSPS) is 11.8. The van der Waals surface area contributed by atoms with Gasteiger partial charge in [-0.05, 0) is 61.7 Å². The van der Waals surface area contributed by atoms with Crippen LogP contribution in [-0.2, 0) is 6.42 Å². The number of nitrogens with one attached hydrogen (secondary N) is 1. The molecule has 0 bridgehead atoms. The summed E-state index contributed by atoms with van der Waals surface area (Å²) in [5.41, 5.74) is 2.40. The first kappa shape index (κ1) is 17.2. The van der Waals surface area contributed by atoms with Crippen LogP contribution in [0.4, 0.5) is 5.69 Å². The summed E-state index contributed by atoms with van der Waals surface area (Å²) in [5, 5.41) is 3.35. The van der Waals surface area contributed by atoms with Crippen LogP contribution in [0, 0.1) is 0 Å². The summed E-state index contributed by atoms with van der Waals surface area (Å²) in [6.07, 6.45) is 2.32. The van der Waals surface area contributed by atoms with E-state index in [1.165, 1.54) is 5.56 Å². The molecule has 2 rings (SSSR count). The number of hydrogen-bond acceptors (Lipinski definition) is 3. The van der Waals surface area contributed by atoms with E-state index in [4.69, 9.17) is 9.47 Å². The minimum absolute atomic E-state index is 0.251. The van der Waals surface area contributed by atoms with Crippen molar-refractivity contribution in [3.8, 4) is 11.5 Å². The van der Waals surface area contributed by atoms with Crippen LogP contribution in [-0.4, -0.2) is 19.3 Å². The first-order valence-electron chi connectivity index (χ1n) is 8.43. The van der Waals surface area contributed by atoms with E-state index in [1.807, 2.05) is 36.4 Å². The van der Waals surface area contributed by atoms with Crippen LogP contribution in [0.25, 0.3) is 0 Å². The molecule has 0 aliphatic carbocycles. The van der Waals surface area contributed by atoms with Crippen LogP contribution in [0.2, 0.25) is 0 Å². The van der Waals surface area contributed by atoms with Crippen LogP contribution >= 0.6 is 0 Å². The molecule has 0 amide bonds. The lowest BCUT2D eigenvalue weighted by Gasteiger charge is -2.13. The second-order valence-electron chi connectivity index (χ2n) is 5.63. The van der Waals surface area contributed by atoms with Crippen molar-refractivity contribution >= 4 is 5.69 Å². The van der Waals surface area contributed by atoms with Crippen molar-refractivity contribution in [2.45, 2.75) is 39.7 Å². The molecule has 0 aromatic heterocycles. The third-order valence-electron chi connectivity index (χ3n) is 3.80. The Balaban J connectivity index is 1.71. The average Bonchev–Trinajstić information content (AvgIpc) is 2.60. The van der Waals surface area contributed by atoms with Gasteiger partial charge in [0.05, 0.1) is 6.10 Å². The van der Waals surface area contributed by atoms with Crippen LogP contribution < -0.4 is 14.8 Å². The summed E-state index contributed by atoms with van der Waals surface area (Å²) in [4.78, 5) is 0. The topological polar surface area (TPSA) is 30.5 Å². The van der Waals surface area contributed by atoms with Gasteiger partial charge >= 0.3 is 0 Å². The van der Waals surface area contributed by atoms with Crippen LogP contribution in [0.3, 0.4) is 0 Å². The molecule has 2 aromatic carbocycles. The highest BCUT2D eigenvalue weighted by molar-refractivity contribution is 5.46. The Kier molecular flexibility index (Phi) is 6.79. The number of benzene rings is 2. The maximum atomic E-state index is 5.77. The van der Waals surface area contributed by atoms with Gasteiger partial charge in [0.1, 0.15) is 18.1 Å². The lowest BCUT2D eigenvalue weighted by molar-refractivity contribution is 0.217. The van der Waals surface area contributed by atoms with E-state index in [1.54, 1.807) is 0 Å². The Hall–Kier alpha value is -2.16. The smallest absolute Gasteiger partial charge is 0.119 e. The standard InChI is InChI=1S/C20H27NO2/c1-4-16(3)23-20-12-8-18(9-13-20)21-14-15-22-19-10-6-17(5-2)7-11-19/h6-13,16,21H,4-5,14-15H2,1-3H3. The Labute approximate surface area is 139 Å². The second kappa shape index (κ2) is 9.09. The third-order valence-corrected chi connectivity index (χ3v) is 3.80. The molecule has 0 heterocycles. The van der Waals surface area contributed by atoms with E-state index >= 15 is 0 Å². The SMILES string of the molecule is CCc1ccc(OCCNc2ccc(OC(C)CC)cc2)cc1. The van der Waals surface area contributed by atoms with E-state index in [2.05, 4.69) is 38.2 Å². The van der Waals surface area contributed by atoms with Crippen molar-refractivity contribution in [3.63, 3.8) is 0 Å². The molecule has 0 spiro atoms. The van der Waals surface area contributed by atoms with Gasteiger partial charge in [0.15, 0.2) is 0 Å². The predicted octanol–water partition coefficient (Wildman–Crippen LogP) is 4.92. The predicted molar refractivity (Wildman–Crippen MR) is 96.6 cm³/mol. The molecule has 0 saturated heterocycles. The van der Waals surface area contributed by atoms with Gasteiger partial charge in [-0.3, -0.25) is 0 Å². The summed E-state index contributed by atoms with van der Waals surface area (Å²) in [7, 11) is 0. The zero-order valence-corrected chi connectivity index (χ0v) is 14.3. The Morgan fingerprint density at radius 1 is 0.913 bits per heavy atom. The van der Waals surface area contributed by atoms with Gasteiger partial charge in [-0.25, -0.2) is 0 Å². The molecule has 0 radical (unpaired) electrons. The largest absolute Gasteiger partial charge is 0.492 e. The van der Waals surface area contributed by atoms with Crippen LogP contribution in [0.1, 0.15) is 32.8 Å². The molecule has 0 saturated carbocycles. The van der Waals surface area contributed by atoms with Crippen molar-refractivity contribution < 1.29 is 9.47 Å². The first-order chi connectivity index (χ1) is 11.2. The summed E-state index contributed by atoms with van der Waals surface area (Å²) >= 11 is 0. The fourth-order valence-electron chi connectivity index (χ4n) is 2.15. The van der Waals surface area contributed by atoms with Gasteiger partial charge in [0, 0.05) is 12.2 Å². The highest BCUT2D eigenvalue weighted by atomic mass is 16.5. The highest BCUT2D eigenvalue weighted by Crippen LogP contribution is 2.17. The fraction of sp³-hybridized carbons (Fsp3) is 0.400. The van der Waals surface area contributed by atoms with Crippen molar-refractivity contribution in [1.82, 2.24) is 0 Å². The third kappa shape index (κ3) is 5.85. The Morgan fingerprint density at radius 2 is 1.57 bits per heavy atom. The molecule has 0 aliphatic heterocycles. The second-order valence-corrected chi connectivity index (χ2v) is 5.63. The number of anilines is 1. The minimum atomic E-state index is 0.251. The number of rotatable bonds is 9. The molecule has 3 heteroatoms. The van der Waals surface area contributed by atoms with E-state index in [0.29, 0.717) is 6.61 Å². The number of ether oxygens (including phenoxy) is 2. The molecule has 1 atom stereocenters. The highest BCUT2D eigenvalue weighted by Gasteiger charge is 2.01. The fourth-order valence-corrected chi connectivity index (χ4v) is 2.15. The summed E-state index contributed by atoms with van der Waals surface area (Å²) in [6, 6.07) is 16.3. The molecule has 0 fully saturated rings. The molecule has 1 unspecified atom stereocenters.